The van der Waals surface area contributed by atoms with Crippen LogP contribution in [0.1, 0.15) is 75.9 Å². The SMILES string of the molecule is OCC1(Cc2ccn(C3CCCCC3)n2)CCCCC1. The van der Waals surface area contributed by atoms with Crippen molar-refractivity contribution in [2.75, 3.05) is 6.61 Å². The van der Waals surface area contributed by atoms with Gasteiger partial charge in [0.2, 0.25) is 0 Å². The van der Waals surface area contributed by atoms with Crippen LogP contribution in [-0.2, 0) is 6.42 Å². The first-order chi connectivity index (χ1) is 9.81. The quantitative estimate of drug-likeness (QED) is 0.906. The normalized spacial score (nSPS) is 23.9. The van der Waals surface area contributed by atoms with Crippen molar-refractivity contribution >= 4 is 0 Å². The first-order valence-electron chi connectivity index (χ1n) is 8.46. The molecule has 3 nitrogen and oxygen atoms in total. The van der Waals surface area contributed by atoms with Gasteiger partial charge in [0.1, 0.15) is 0 Å². The molecule has 1 heterocycles. The van der Waals surface area contributed by atoms with Crippen molar-refractivity contribution in [3.63, 3.8) is 0 Å². The van der Waals surface area contributed by atoms with Crippen LogP contribution < -0.4 is 0 Å². The van der Waals surface area contributed by atoms with Crippen LogP contribution in [0.3, 0.4) is 0 Å². The third-order valence-corrected chi connectivity index (χ3v) is 5.42. The Labute approximate surface area is 122 Å². The Hall–Kier alpha value is -0.830. The number of aliphatic hydroxyl groups is 1. The average molecular weight is 276 g/mol. The zero-order chi connectivity index (χ0) is 13.8. The maximum Gasteiger partial charge on any atom is 0.0631 e. The van der Waals surface area contributed by atoms with Gasteiger partial charge in [-0.3, -0.25) is 4.68 Å². The second-order valence-electron chi connectivity index (χ2n) is 6.97. The molecule has 3 heteroatoms. The molecule has 0 bridgehead atoms. The largest absolute Gasteiger partial charge is 0.396 e. The third kappa shape index (κ3) is 3.08. The highest BCUT2D eigenvalue weighted by Crippen LogP contribution is 2.38. The van der Waals surface area contributed by atoms with E-state index in [0.717, 1.165) is 6.42 Å². The molecule has 2 saturated carbocycles. The van der Waals surface area contributed by atoms with Crippen molar-refractivity contribution in [2.45, 2.75) is 76.7 Å². The summed E-state index contributed by atoms with van der Waals surface area (Å²) >= 11 is 0. The standard InChI is InChI=1S/C17H28N2O/c20-14-17(10-5-2-6-11-17)13-15-9-12-19(18-15)16-7-3-1-4-8-16/h9,12,16,20H,1-8,10-11,13-14H2. The molecule has 112 valence electrons. The van der Waals surface area contributed by atoms with Crippen molar-refractivity contribution in [2.24, 2.45) is 5.41 Å². The molecule has 2 aliphatic rings. The lowest BCUT2D eigenvalue weighted by molar-refractivity contribution is 0.0811. The number of hydrogen-bond donors (Lipinski definition) is 1. The Balaban J connectivity index is 1.66. The van der Waals surface area contributed by atoms with Crippen molar-refractivity contribution in [3.8, 4) is 0 Å². The van der Waals surface area contributed by atoms with E-state index in [1.807, 2.05) is 0 Å². The van der Waals surface area contributed by atoms with E-state index in [-0.39, 0.29) is 5.41 Å². The fourth-order valence-electron chi connectivity index (χ4n) is 4.10. The minimum absolute atomic E-state index is 0.115. The predicted molar refractivity (Wildman–Crippen MR) is 80.7 cm³/mol. The van der Waals surface area contributed by atoms with Crippen LogP contribution in [0.4, 0.5) is 0 Å². The summed E-state index contributed by atoms with van der Waals surface area (Å²) in [4.78, 5) is 0. The van der Waals surface area contributed by atoms with Gasteiger partial charge in [-0.1, -0.05) is 38.5 Å². The second-order valence-corrected chi connectivity index (χ2v) is 6.97. The molecule has 1 N–H and O–H groups in total. The van der Waals surface area contributed by atoms with E-state index in [4.69, 9.17) is 5.10 Å². The van der Waals surface area contributed by atoms with Gasteiger partial charge in [0.15, 0.2) is 0 Å². The molecule has 0 radical (unpaired) electrons. The Kier molecular flexibility index (Phi) is 4.45. The van der Waals surface area contributed by atoms with E-state index >= 15 is 0 Å². The van der Waals surface area contributed by atoms with E-state index in [2.05, 4.69) is 16.9 Å². The van der Waals surface area contributed by atoms with Crippen LogP contribution in [0.15, 0.2) is 12.3 Å². The van der Waals surface area contributed by atoms with Gasteiger partial charge < -0.3 is 5.11 Å². The van der Waals surface area contributed by atoms with Crippen LogP contribution in [0.25, 0.3) is 0 Å². The molecule has 0 saturated heterocycles. The first-order valence-corrected chi connectivity index (χ1v) is 8.46. The Morgan fingerprint density at radius 2 is 1.80 bits per heavy atom. The molecule has 0 unspecified atom stereocenters. The molecule has 0 atom stereocenters. The molecular formula is C17H28N2O. The lowest BCUT2D eigenvalue weighted by atomic mass is 9.72. The van der Waals surface area contributed by atoms with Crippen LogP contribution in [0.5, 0.6) is 0 Å². The highest BCUT2D eigenvalue weighted by Gasteiger charge is 2.32. The molecule has 3 rings (SSSR count). The maximum absolute atomic E-state index is 9.82. The zero-order valence-electron chi connectivity index (χ0n) is 12.6. The molecule has 0 aliphatic heterocycles. The fraction of sp³-hybridized carbons (Fsp3) is 0.824. The summed E-state index contributed by atoms with van der Waals surface area (Å²) in [6.45, 7) is 0.323. The van der Waals surface area contributed by atoms with Crippen molar-refractivity contribution in [1.29, 1.82) is 0 Å². The van der Waals surface area contributed by atoms with Gasteiger partial charge in [0.25, 0.3) is 0 Å². The monoisotopic (exact) mass is 276 g/mol. The first kappa shape index (κ1) is 14.1. The van der Waals surface area contributed by atoms with Crippen LogP contribution >= 0.6 is 0 Å². The minimum atomic E-state index is 0.115. The number of hydrogen-bond acceptors (Lipinski definition) is 2. The highest BCUT2D eigenvalue weighted by atomic mass is 16.3. The van der Waals surface area contributed by atoms with Gasteiger partial charge in [0, 0.05) is 12.8 Å². The molecule has 2 aliphatic carbocycles. The molecule has 2 fully saturated rings. The fourth-order valence-corrected chi connectivity index (χ4v) is 4.10. The van der Waals surface area contributed by atoms with E-state index in [1.165, 1.54) is 69.9 Å². The molecule has 1 aromatic heterocycles. The summed E-state index contributed by atoms with van der Waals surface area (Å²) in [5, 5.41) is 14.7. The van der Waals surface area contributed by atoms with Gasteiger partial charge in [-0.25, -0.2) is 0 Å². The number of aliphatic hydroxyl groups excluding tert-OH is 1. The van der Waals surface area contributed by atoms with Crippen LogP contribution in [0, 0.1) is 5.41 Å². The highest BCUT2D eigenvalue weighted by molar-refractivity contribution is 5.05. The van der Waals surface area contributed by atoms with Gasteiger partial charge in [-0.15, -0.1) is 0 Å². The Morgan fingerprint density at radius 1 is 1.10 bits per heavy atom. The summed E-state index contributed by atoms with van der Waals surface area (Å²) in [7, 11) is 0. The van der Waals surface area contributed by atoms with Crippen LogP contribution in [-0.4, -0.2) is 21.5 Å². The predicted octanol–water partition coefficient (Wildman–Crippen LogP) is 3.87. The summed E-state index contributed by atoms with van der Waals surface area (Å²) < 4.78 is 2.20. The molecular weight excluding hydrogens is 248 g/mol. The summed E-state index contributed by atoms with van der Waals surface area (Å²) in [6.07, 6.45) is 16.0. The molecule has 0 spiro atoms. The maximum atomic E-state index is 9.82. The molecule has 20 heavy (non-hydrogen) atoms. The lowest BCUT2D eigenvalue weighted by Gasteiger charge is -2.35. The van der Waals surface area contributed by atoms with Gasteiger partial charge >= 0.3 is 0 Å². The van der Waals surface area contributed by atoms with Crippen molar-refractivity contribution < 1.29 is 5.11 Å². The molecule has 0 aromatic carbocycles. The third-order valence-electron chi connectivity index (χ3n) is 5.42. The minimum Gasteiger partial charge on any atom is -0.396 e. The smallest absolute Gasteiger partial charge is 0.0631 e. The summed E-state index contributed by atoms with van der Waals surface area (Å²) in [5.41, 5.74) is 1.30. The number of aromatic nitrogens is 2. The Bertz CT molecular complexity index is 414. The van der Waals surface area contributed by atoms with Gasteiger partial charge in [-0.05, 0) is 43.6 Å². The number of rotatable bonds is 4. The summed E-state index contributed by atoms with van der Waals surface area (Å²) in [6, 6.07) is 2.80. The topological polar surface area (TPSA) is 38.0 Å². The second kappa shape index (κ2) is 6.30. The van der Waals surface area contributed by atoms with E-state index in [0.29, 0.717) is 12.6 Å². The number of nitrogens with zero attached hydrogens (tertiary/aromatic N) is 2. The van der Waals surface area contributed by atoms with Gasteiger partial charge in [-0.2, -0.15) is 5.10 Å². The van der Waals surface area contributed by atoms with E-state index in [1.54, 1.807) is 0 Å². The zero-order valence-corrected chi connectivity index (χ0v) is 12.6. The van der Waals surface area contributed by atoms with Crippen molar-refractivity contribution in [3.05, 3.63) is 18.0 Å². The molecule has 1 aromatic rings. The lowest BCUT2D eigenvalue weighted by Crippen LogP contribution is -2.31. The van der Waals surface area contributed by atoms with Crippen LogP contribution in [0.2, 0.25) is 0 Å². The van der Waals surface area contributed by atoms with E-state index < -0.39 is 0 Å². The van der Waals surface area contributed by atoms with E-state index in [9.17, 15) is 5.11 Å². The average Bonchev–Trinajstić information content (AvgIpc) is 2.97. The van der Waals surface area contributed by atoms with Gasteiger partial charge in [0.05, 0.1) is 11.7 Å². The Morgan fingerprint density at radius 3 is 2.50 bits per heavy atom. The summed E-state index contributed by atoms with van der Waals surface area (Å²) in [5.74, 6) is 0. The van der Waals surface area contributed by atoms with Crippen molar-refractivity contribution in [1.82, 2.24) is 9.78 Å². The molecule has 0 amide bonds.